The predicted octanol–water partition coefficient (Wildman–Crippen LogP) is 3.26. The third-order valence-electron chi connectivity index (χ3n) is 5.46. The molecule has 2 aliphatic rings. The Labute approximate surface area is 167 Å². The SMILES string of the molecule is CN=C(NCCc1ccc(OC)cc1O)N1CC2CCCCC2C1.I. The van der Waals surface area contributed by atoms with E-state index in [9.17, 15) is 5.11 Å². The lowest BCUT2D eigenvalue weighted by Crippen LogP contribution is -2.41. The van der Waals surface area contributed by atoms with Gasteiger partial charge in [-0.2, -0.15) is 0 Å². The van der Waals surface area contributed by atoms with Gasteiger partial charge in [-0.25, -0.2) is 0 Å². The van der Waals surface area contributed by atoms with E-state index >= 15 is 0 Å². The van der Waals surface area contributed by atoms with Gasteiger partial charge in [0.15, 0.2) is 5.96 Å². The van der Waals surface area contributed by atoms with Gasteiger partial charge in [0.1, 0.15) is 11.5 Å². The molecule has 5 nitrogen and oxygen atoms in total. The number of rotatable bonds is 4. The molecule has 25 heavy (non-hydrogen) atoms. The first-order valence-corrected chi connectivity index (χ1v) is 9.02. The van der Waals surface area contributed by atoms with E-state index in [1.54, 1.807) is 13.2 Å². The zero-order chi connectivity index (χ0) is 16.9. The lowest BCUT2D eigenvalue weighted by Gasteiger charge is -2.22. The smallest absolute Gasteiger partial charge is 0.193 e. The number of aliphatic imine (C=N–C) groups is 1. The molecule has 0 amide bonds. The highest BCUT2D eigenvalue weighted by Crippen LogP contribution is 2.35. The quantitative estimate of drug-likeness (QED) is 0.413. The predicted molar refractivity (Wildman–Crippen MR) is 112 cm³/mol. The monoisotopic (exact) mass is 459 g/mol. The molecule has 3 rings (SSSR count). The van der Waals surface area contributed by atoms with Crippen molar-refractivity contribution in [3.8, 4) is 11.5 Å². The summed E-state index contributed by atoms with van der Waals surface area (Å²) in [6.07, 6.45) is 6.28. The molecule has 1 heterocycles. The second kappa shape index (κ2) is 9.50. The first kappa shape index (κ1) is 20.1. The topological polar surface area (TPSA) is 57.1 Å². The zero-order valence-electron chi connectivity index (χ0n) is 15.2. The molecule has 1 saturated carbocycles. The highest BCUT2D eigenvalue weighted by molar-refractivity contribution is 14.0. The van der Waals surface area contributed by atoms with Crippen molar-refractivity contribution < 1.29 is 9.84 Å². The molecule has 0 aromatic heterocycles. The fourth-order valence-electron chi connectivity index (χ4n) is 4.10. The number of fused-ring (bicyclic) bond motifs is 1. The lowest BCUT2D eigenvalue weighted by atomic mass is 9.82. The fraction of sp³-hybridized carbons (Fsp3) is 0.632. The number of phenols is 1. The second-order valence-corrected chi connectivity index (χ2v) is 6.93. The van der Waals surface area contributed by atoms with Crippen LogP contribution in [0.5, 0.6) is 11.5 Å². The molecule has 1 aliphatic heterocycles. The average Bonchev–Trinajstić information content (AvgIpc) is 3.03. The molecule has 2 atom stereocenters. The van der Waals surface area contributed by atoms with Gasteiger partial charge in [-0.05, 0) is 42.7 Å². The Morgan fingerprint density at radius 2 is 1.96 bits per heavy atom. The molecule has 2 fully saturated rings. The maximum absolute atomic E-state index is 10.0. The Hall–Kier alpha value is -1.18. The van der Waals surface area contributed by atoms with E-state index in [1.807, 2.05) is 19.2 Å². The summed E-state index contributed by atoms with van der Waals surface area (Å²) in [5.74, 6) is 3.67. The number of aromatic hydroxyl groups is 1. The summed E-state index contributed by atoms with van der Waals surface area (Å²) in [5.41, 5.74) is 0.925. The minimum atomic E-state index is 0. The van der Waals surface area contributed by atoms with Crippen molar-refractivity contribution in [2.45, 2.75) is 32.1 Å². The summed E-state index contributed by atoms with van der Waals surface area (Å²) in [4.78, 5) is 6.87. The van der Waals surface area contributed by atoms with Crippen molar-refractivity contribution in [2.24, 2.45) is 16.8 Å². The highest BCUT2D eigenvalue weighted by Gasteiger charge is 2.35. The van der Waals surface area contributed by atoms with E-state index in [2.05, 4.69) is 15.2 Å². The second-order valence-electron chi connectivity index (χ2n) is 6.93. The van der Waals surface area contributed by atoms with Crippen LogP contribution in [0.4, 0.5) is 0 Å². The molecule has 1 saturated heterocycles. The number of likely N-dealkylation sites (tertiary alicyclic amines) is 1. The Kier molecular flexibility index (Phi) is 7.65. The van der Waals surface area contributed by atoms with Crippen LogP contribution in [0.25, 0.3) is 0 Å². The maximum atomic E-state index is 10.0. The zero-order valence-corrected chi connectivity index (χ0v) is 17.5. The van der Waals surface area contributed by atoms with Gasteiger partial charge in [0, 0.05) is 32.7 Å². The van der Waals surface area contributed by atoms with Crippen molar-refractivity contribution in [3.63, 3.8) is 0 Å². The number of ether oxygens (including phenoxy) is 1. The molecule has 1 aromatic rings. The lowest BCUT2D eigenvalue weighted by molar-refractivity contribution is 0.299. The number of phenolic OH excluding ortho intramolecular Hbond substituents is 1. The van der Waals surface area contributed by atoms with E-state index in [0.717, 1.165) is 49.4 Å². The van der Waals surface area contributed by atoms with Crippen LogP contribution in [-0.2, 0) is 6.42 Å². The Balaban J connectivity index is 0.00000225. The maximum Gasteiger partial charge on any atom is 0.193 e. The summed E-state index contributed by atoms with van der Waals surface area (Å²) in [6, 6.07) is 5.47. The number of hydrogen-bond acceptors (Lipinski definition) is 3. The molecular formula is C19H30IN3O2. The van der Waals surface area contributed by atoms with Crippen LogP contribution in [-0.4, -0.2) is 49.8 Å². The normalized spacial score (nSPS) is 23.0. The van der Waals surface area contributed by atoms with Crippen molar-refractivity contribution in [1.82, 2.24) is 10.2 Å². The summed E-state index contributed by atoms with van der Waals surface area (Å²) in [5, 5.41) is 13.5. The summed E-state index contributed by atoms with van der Waals surface area (Å²) in [7, 11) is 3.46. The van der Waals surface area contributed by atoms with Crippen molar-refractivity contribution >= 4 is 29.9 Å². The van der Waals surface area contributed by atoms with E-state index in [4.69, 9.17) is 4.74 Å². The summed E-state index contributed by atoms with van der Waals surface area (Å²) >= 11 is 0. The largest absolute Gasteiger partial charge is 0.508 e. The van der Waals surface area contributed by atoms with Gasteiger partial charge in [0.25, 0.3) is 0 Å². The summed E-state index contributed by atoms with van der Waals surface area (Å²) < 4.78 is 5.12. The van der Waals surface area contributed by atoms with Crippen LogP contribution in [0, 0.1) is 11.8 Å². The van der Waals surface area contributed by atoms with Crippen LogP contribution >= 0.6 is 24.0 Å². The first-order chi connectivity index (χ1) is 11.7. The third-order valence-corrected chi connectivity index (χ3v) is 5.46. The van der Waals surface area contributed by atoms with Crippen LogP contribution in [0.3, 0.4) is 0 Å². The van der Waals surface area contributed by atoms with Gasteiger partial charge in [0.2, 0.25) is 0 Å². The molecule has 1 aliphatic carbocycles. The van der Waals surface area contributed by atoms with Gasteiger partial charge >= 0.3 is 0 Å². The molecule has 140 valence electrons. The van der Waals surface area contributed by atoms with Crippen LogP contribution in [0.1, 0.15) is 31.2 Å². The van der Waals surface area contributed by atoms with Crippen LogP contribution < -0.4 is 10.1 Å². The van der Waals surface area contributed by atoms with E-state index in [1.165, 1.54) is 25.7 Å². The van der Waals surface area contributed by atoms with Gasteiger partial charge in [-0.1, -0.05) is 18.9 Å². The van der Waals surface area contributed by atoms with Crippen molar-refractivity contribution in [2.75, 3.05) is 33.8 Å². The number of nitrogens with one attached hydrogen (secondary N) is 1. The Morgan fingerprint density at radius 1 is 1.28 bits per heavy atom. The van der Waals surface area contributed by atoms with E-state index in [-0.39, 0.29) is 24.0 Å². The Bertz CT molecular complexity index is 580. The van der Waals surface area contributed by atoms with Gasteiger partial charge in [0.05, 0.1) is 7.11 Å². The molecule has 0 bridgehead atoms. The van der Waals surface area contributed by atoms with E-state index in [0.29, 0.717) is 11.5 Å². The van der Waals surface area contributed by atoms with Crippen LogP contribution in [0.15, 0.2) is 23.2 Å². The molecular weight excluding hydrogens is 429 g/mol. The Morgan fingerprint density at radius 3 is 2.52 bits per heavy atom. The number of guanidine groups is 1. The highest BCUT2D eigenvalue weighted by atomic mass is 127. The molecule has 6 heteroatoms. The van der Waals surface area contributed by atoms with Crippen molar-refractivity contribution in [3.05, 3.63) is 23.8 Å². The summed E-state index contributed by atoms with van der Waals surface area (Å²) in [6.45, 7) is 3.04. The standard InChI is InChI=1S/C19H29N3O2.HI/c1-20-19(22-12-15-5-3-4-6-16(15)13-22)21-10-9-14-7-8-17(24-2)11-18(14)23;/h7-8,11,15-16,23H,3-6,9-10,12-13H2,1-2H3,(H,20,21);1H. The number of hydrogen-bond donors (Lipinski definition) is 2. The van der Waals surface area contributed by atoms with Crippen molar-refractivity contribution in [1.29, 1.82) is 0 Å². The molecule has 0 spiro atoms. The van der Waals surface area contributed by atoms with E-state index < -0.39 is 0 Å². The molecule has 1 aromatic carbocycles. The molecule has 0 radical (unpaired) electrons. The molecule has 2 N–H and O–H groups in total. The number of methoxy groups -OCH3 is 1. The minimum absolute atomic E-state index is 0. The number of halogens is 1. The van der Waals surface area contributed by atoms with Gasteiger partial charge < -0.3 is 20.1 Å². The third kappa shape index (κ3) is 4.92. The number of benzene rings is 1. The van der Waals surface area contributed by atoms with Crippen LogP contribution in [0.2, 0.25) is 0 Å². The molecule has 2 unspecified atom stereocenters. The van der Waals surface area contributed by atoms with Gasteiger partial charge in [-0.15, -0.1) is 24.0 Å². The average molecular weight is 459 g/mol. The fourth-order valence-corrected chi connectivity index (χ4v) is 4.10. The minimum Gasteiger partial charge on any atom is -0.508 e. The number of nitrogens with zero attached hydrogens (tertiary/aromatic N) is 2. The van der Waals surface area contributed by atoms with Gasteiger partial charge in [-0.3, -0.25) is 4.99 Å². The first-order valence-electron chi connectivity index (χ1n) is 9.02.